The second-order valence-electron chi connectivity index (χ2n) is 9.95. The minimum absolute atomic E-state index is 0.123. The van der Waals surface area contributed by atoms with Crippen molar-refractivity contribution in [3.63, 3.8) is 0 Å². The topological polar surface area (TPSA) is 54.3 Å². The van der Waals surface area contributed by atoms with Crippen LogP contribution in [0.5, 0.6) is 0 Å². The van der Waals surface area contributed by atoms with Gasteiger partial charge in [0, 0.05) is 43.4 Å². The van der Waals surface area contributed by atoms with Crippen LogP contribution < -0.4 is 10.9 Å². The van der Waals surface area contributed by atoms with Crippen molar-refractivity contribution in [3.05, 3.63) is 33.7 Å². The Bertz CT molecular complexity index is 805. The first-order valence-electron chi connectivity index (χ1n) is 12.0. The van der Waals surface area contributed by atoms with E-state index >= 15 is 0 Å². The van der Waals surface area contributed by atoms with E-state index in [0.717, 1.165) is 38.9 Å². The van der Waals surface area contributed by atoms with Gasteiger partial charge in [0.05, 0.1) is 0 Å². The van der Waals surface area contributed by atoms with E-state index in [1.54, 1.807) is 6.07 Å². The number of rotatable bonds is 2. The van der Waals surface area contributed by atoms with Gasteiger partial charge >= 0.3 is 6.03 Å². The van der Waals surface area contributed by atoms with Crippen molar-refractivity contribution in [1.82, 2.24) is 14.8 Å². The van der Waals surface area contributed by atoms with Gasteiger partial charge in [-0.1, -0.05) is 44.6 Å². The van der Waals surface area contributed by atoms with Crippen LogP contribution in [-0.2, 0) is 6.54 Å². The number of fused-ring (bicyclic) bond motifs is 4. The van der Waals surface area contributed by atoms with E-state index in [0.29, 0.717) is 23.8 Å². The summed E-state index contributed by atoms with van der Waals surface area (Å²) < 4.78 is 2.07. The number of pyridine rings is 1. The molecular weight excluding hydrogens is 362 g/mol. The largest absolute Gasteiger partial charge is 0.335 e. The molecule has 0 radical (unpaired) electrons. The van der Waals surface area contributed by atoms with Gasteiger partial charge in [-0.05, 0) is 49.5 Å². The molecule has 3 fully saturated rings. The fraction of sp³-hybridized carbons (Fsp3) is 0.750. The summed E-state index contributed by atoms with van der Waals surface area (Å²) in [6.07, 6.45) is 13.6. The summed E-state index contributed by atoms with van der Waals surface area (Å²) in [5, 5.41) is 3.31. The lowest BCUT2D eigenvalue weighted by Gasteiger charge is -2.44. The minimum Gasteiger partial charge on any atom is -0.335 e. The molecule has 2 aliphatic carbocycles. The summed E-state index contributed by atoms with van der Waals surface area (Å²) in [6.45, 7) is 2.32. The molecule has 4 aliphatic rings. The van der Waals surface area contributed by atoms with Crippen LogP contribution in [0.4, 0.5) is 4.79 Å². The van der Waals surface area contributed by atoms with Crippen molar-refractivity contribution in [2.24, 2.45) is 5.92 Å². The summed E-state index contributed by atoms with van der Waals surface area (Å²) >= 11 is 0. The number of carbonyl (C=O) groups excluding carboxylic acids is 1. The van der Waals surface area contributed by atoms with Crippen molar-refractivity contribution in [2.45, 2.75) is 95.1 Å². The zero-order valence-corrected chi connectivity index (χ0v) is 17.6. The van der Waals surface area contributed by atoms with Gasteiger partial charge in [-0.15, -0.1) is 0 Å². The van der Waals surface area contributed by atoms with Crippen molar-refractivity contribution in [2.75, 3.05) is 13.1 Å². The number of piperidine rings is 1. The van der Waals surface area contributed by atoms with Crippen LogP contribution in [0.3, 0.4) is 0 Å². The van der Waals surface area contributed by atoms with E-state index in [2.05, 4.69) is 20.9 Å². The van der Waals surface area contributed by atoms with Crippen LogP contribution in [0.15, 0.2) is 16.9 Å². The molecule has 1 N–H and O–H groups in total. The number of amides is 2. The Labute approximate surface area is 173 Å². The van der Waals surface area contributed by atoms with E-state index in [1.165, 1.54) is 62.6 Å². The minimum atomic E-state index is 0.123. The molecule has 2 bridgehead atoms. The highest BCUT2D eigenvalue weighted by Gasteiger charge is 2.39. The number of nitrogens with zero attached hydrogens (tertiary/aromatic N) is 2. The summed E-state index contributed by atoms with van der Waals surface area (Å²) in [5.74, 6) is 1.30. The van der Waals surface area contributed by atoms with Crippen molar-refractivity contribution < 1.29 is 4.79 Å². The van der Waals surface area contributed by atoms with Gasteiger partial charge in [0.1, 0.15) is 0 Å². The molecule has 2 aliphatic heterocycles. The highest BCUT2D eigenvalue weighted by Crippen LogP contribution is 2.42. The molecule has 2 saturated carbocycles. The van der Waals surface area contributed by atoms with Crippen molar-refractivity contribution >= 4 is 6.03 Å². The SMILES string of the molecule is O=C(NC1CCCCC1)N1C[C@@H]2C[C@@H](C1)c1c(C3CCCCC3)ccc(=O)n1C2. The first-order valence-corrected chi connectivity index (χ1v) is 12.0. The summed E-state index contributed by atoms with van der Waals surface area (Å²) in [7, 11) is 0. The van der Waals surface area contributed by atoms with E-state index in [-0.39, 0.29) is 11.6 Å². The standard InChI is InChI=1S/C24H35N3O2/c28-22-12-11-21(18-7-3-1-4-8-18)23-19-13-17(15-27(22)23)14-26(16-19)24(29)25-20-9-5-2-6-10-20/h11-12,17-20H,1-10,13-16H2,(H,25,29)/t17-,19-/m0/s1. The smallest absolute Gasteiger partial charge is 0.317 e. The monoisotopic (exact) mass is 397 g/mol. The Balaban J connectivity index is 1.38. The molecule has 0 aromatic carbocycles. The highest BCUT2D eigenvalue weighted by molar-refractivity contribution is 5.74. The maximum Gasteiger partial charge on any atom is 0.317 e. The summed E-state index contributed by atoms with van der Waals surface area (Å²) in [5.41, 5.74) is 2.81. The van der Waals surface area contributed by atoms with Gasteiger partial charge in [0.25, 0.3) is 5.56 Å². The molecule has 0 unspecified atom stereocenters. The third-order valence-electron chi connectivity index (χ3n) is 7.89. The zero-order chi connectivity index (χ0) is 19.8. The second-order valence-corrected chi connectivity index (χ2v) is 9.95. The predicted octanol–water partition coefficient (Wildman–Crippen LogP) is 4.36. The van der Waals surface area contributed by atoms with Gasteiger partial charge in [-0.25, -0.2) is 4.79 Å². The second kappa shape index (κ2) is 8.16. The summed E-state index contributed by atoms with van der Waals surface area (Å²) in [6, 6.07) is 4.39. The van der Waals surface area contributed by atoms with Gasteiger partial charge in [-0.3, -0.25) is 4.79 Å². The lowest BCUT2D eigenvalue weighted by Crippen LogP contribution is -2.54. The Hall–Kier alpha value is -1.78. The molecule has 5 nitrogen and oxygen atoms in total. The Morgan fingerprint density at radius 3 is 2.34 bits per heavy atom. The van der Waals surface area contributed by atoms with Gasteiger partial charge in [0.2, 0.25) is 0 Å². The van der Waals surface area contributed by atoms with Crippen LogP contribution in [-0.4, -0.2) is 34.6 Å². The number of aromatic nitrogens is 1. The molecular formula is C24H35N3O2. The average Bonchev–Trinajstić information content (AvgIpc) is 2.75. The Morgan fingerprint density at radius 2 is 1.59 bits per heavy atom. The number of likely N-dealkylation sites (tertiary alicyclic amines) is 1. The number of hydrogen-bond acceptors (Lipinski definition) is 2. The fourth-order valence-electron chi connectivity index (χ4n) is 6.49. The maximum atomic E-state index is 13.0. The van der Waals surface area contributed by atoms with Gasteiger partial charge in [-0.2, -0.15) is 0 Å². The predicted molar refractivity (Wildman–Crippen MR) is 114 cm³/mol. The number of hydrogen-bond donors (Lipinski definition) is 1. The molecule has 1 aromatic heterocycles. The Morgan fingerprint density at radius 1 is 0.862 bits per heavy atom. The molecule has 2 amide bonds. The van der Waals surface area contributed by atoms with E-state index in [9.17, 15) is 9.59 Å². The third kappa shape index (κ3) is 3.85. The first-order chi connectivity index (χ1) is 14.2. The maximum absolute atomic E-state index is 13.0. The lowest BCUT2D eigenvalue weighted by atomic mass is 9.76. The van der Waals surface area contributed by atoms with Crippen LogP contribution in [0.2, 0.25) is 0 Å². The molecule has 3 heterocycles. The van der Waals surface area contributed by atoms with Crippen LogP contribution >= 0.6 is 0 Å². The average molecular weight is 398 g/mol. The Kier molecular flexibility index (Phi) is 5.40. The zero-order valence-electron chi connectivity index (χ0n) is 17.6. The van der Waals surface area contributed by atoms with Gasteiger partial charge in [0.15, 0.2) is 0 Å². The first kappa shape index (κ1) is 19.2. The normalized spacial score (nSPS) is 28.1. The highest BCUT2D eigenvalue weighted by atomic mass is 16.2. The molecule has 1 aromatic rings. The van der Waals surface area contributed by atoms with E-state index in [1.807, 2.05) is 0 Å². The molecule has 29 heavy (non-hydrogen) atoms. The lowest BCUT2D eigenvalue weighted by molar-refractivity contribution is 0.126. The molecule has 1 saturated heterocycles. The summed E-state index contributed by atoms with van der Waals surface area (Å²) in [4.78, 5) is 27.7. The third-order valence-corrected chi connectivity index (χ3v) is 7.89. The quantitative estimate of drug-likeness (QED) is 0.806. The molecule has 158 valence electrons. The van der Waals surface area contributed by atoms with Gasteiger partial charge < -0.3 is 14.8 Å². The van der Waals surface area contributed by atoms with E-state index in [4.69, 9.17) is 0 Å². The van der Waals surface area contributed by atoms with Crippen LogP contribution in [0.1, 0.15) is 93.7 Å². The number of urea groups is 1. The van der Waals surface area contributed by atoms with Crippen molar-refractivity contribution in [3.8, 4) is 0 Å². The van der Waals surface area contributed by atoms with E-state index < -0.39 is 0 Å². The molecule has 0 spiro atoms. The molecule has 2 atom stereocenters. The van der Waals surface area contributed by atoms with Crippen molar-refractivity contribution in [1.29, 1.82) is 0 Å². The molecule has 5 heteroatoms. The number of nitrogens with one attached hydrogen (secondary N) is 1. The molecule has 5 rings (SSSR count). The fourth-order valence-corrected chi connectivity index (χ4v) is 6.49. The van der Waals surface area contributed by atoms with Crippen LogP contribution in [0, 0.1) is 5.92 Å². The number of carbonyl (C=O) groups is 1. The van der Waals surface area contributed by atoms with Crippen LogP contribution in [0.25, 0.3) is 0 Å².